The molecule has 0 aliphatic carbocycles. The summed E-state index contributed by atoms with van der Waals surface area (Å²) in [4.78, 5) is 35.5. The van der Waals surface area contributed by atoms with Crippen molar-refractivity contribution in [3.05, 3.63) is 57.3 Å². The first kappa shape index (κ1) is 16.9. The van der Waals surface area contributed by atoms with Gasteiger partial charge in [-0.3, -0.25) is 9.59 Å². The summed E-state index contributed by atoms with van der Waals surface area (Å²) in [6, 6.07) is 10.8. The number of hydrogen-bond donors (Lipinski definition) is 1. The molecule has 0 spiro atoms. The summed E-state index contributed by atoms with van der Waals surface area (Å²) < 4.78 is 4.95. The smallest absolute Gasteiger partial charge is 0.348 e. The van der Waals surface area contributed by atoms with Gasteiger partial charge in [0.05, 0.1) is 4.88 Å². The Morgan fingerprint density at radius 2 is 1.78 bits per heavy atom. The number of hydrogen-bond acceptors (Lipinski definition) is 5. The fraction of sp³-hybridized carbons (Fsp3) is 0.235. The zero-order valence-corrected chi connectivity index (χ0v) is 13.7. The first-order valence-electron chi connectivity index (χ1n) is 7.06. The molecule has 1 N–H and O–H groups in total. The lowest BCUT2D eigenvalue weighted by Crippen LogP contribution is -2.28. The Bertz CT molecular complexity index is 736. The van der Waals surface area contributed by atoms with E-state index in [0.29, 0.717) is 16.3 Å². The number of ketones is 1. The van der Waals surface area contributed by atoms with Gasteiger partial charge in [0, 0.05) is 6.54 Å². The van der Waals surface area contributed by atoms with Gasteiger partial charge in [-0.1, -0.05) is 24.3 Å². The third-order valence-corrected chi connectivity index (χ3v) is 4.39. The van der Waals surface area contributed by atoms with E-state index in [1.807, 2.05) is 31.2 Å². The number of ether oxygens (including phenoxy) is 1. The fourth-order valence-corrected chi connectivity index (χ4v) is 2.69. The summed E-state index contributed by atoms with van der Waals surface area (Å²) in [5, 5.41) is 2.70. The van der Waals surface area contributed by atoms with Crippen LogP contribution in [0.5, 0.6) is 0 Å². The molecule has 1 amide bonds. The van der Waals surface area contributed by atoms with Crippen molar-refractivity contribution in [2.75, 3.05) is 6.61 Å². The SMILES string of the molecule is CC(=O)c1ccc(C(=O)OCC(=O)NCc2ccccc2C)s1. The van der Waals surface area contributed by atoms with E-state index in [9.17, 15) is 14.4 Å². The Morgan fingerprint density at radius 3 is 2.43 bits per heavy atom. The average Bonchev–Trinajstić information content (AvgIpc) is 3.02. The van der Waals surface area contributed by atoms with Crippen molar-refractivity contribution in [1.29, 1.82) is 0 Å². The lowest BCUT2D eigenvalue weighted by molar-refractivity contribution is -0.124. The minimum absolute atomic E-state index is 0.106. The van der Waals surface area contributed by atoms with Crippen LogP contribution in [0.25, 0.3) is 0 Å². The minimum atomic E-state index is -0.603. The van der Waals surface area contributed by atoms with Crippen LogP contribution in [-0.2, 0) is 16.1 Å². The lowest BCUT2D eigenvalue weighted by atomic mass is 10.1. The Labute approximate surface area is 138 Å². The second kappa shape index (κ2) is 7.69. The summed E-state index contributed by atoms with van der Waals surface area (Å²) in [6.07, 6.45) is 0. The third kappa shape index (κ3) is 4.75. The van der Waals surface area contributed by atoms with Gasteiger partial charge in [0.1, 0.15) is 4.88 Å². The molecule has 2 aromatic rings. The molecule has 0 aliphatic heterocycles. The van der Waals surface area contributed by atoms with E-state index >= 15 is 0 Å². The second-order valence-corrected chi connectivity index (χ2v) is 6.08. The molecule has 1 aromatic heterocycles. The normalized spacial score (nSPS) is 10.2. The molecule has 1 aromatic carbocycles. The fourth-order valence-electron chi connectivity index (χ4n) is 1.89. The number of carbonyl (C=O) groups is 3. The summed E-state index contributed by atoms with van der Waals surface area (Å²) in [5.74, 6) is -1.08. The van der Waals surface area contributed by atoms with Crippen LogP contribution < -0.4 is 5.32 Å². The van der Waals surface area contributed by atoms with Gasteiger partial charge < -0.3 is 10.1 Å². The molecular formula is C17H17NO4S. The first-order chi connectivity index (χ1) is 11.0. The number of amides is 1. The summed E-state index contributed by atoms with van der Waals surface area (Å²) in [6.45, 7) is 3.43. The molecule has 0 unspecified atom stereocenters. The molecule has 0 radical (unpaired) electrons. The molecular weight excluding hydrogens is 314 g/mol. The number of nitrogens with one attached hydrogen (secondary N) is 1. The molecule has 0 bridgehead atoms. The van der Waals surface area contributed by atoms with Crippen LogP contribution in [0.4, 0.5) is 0 Å². The van der Waals surface area contributed by atoms with Crippen molar-refractivity contribution in [3.8, 4) is 0 Å². The number of rotatable bonds is 6. The zero-order valence-electron chi connectivity index (χ0n) is 12.9. The van der Waals surface area contributed by atoms with Crippen LogP contribution in [0.1, 0.15) is 37.4 Å². The Balaban J connectivity index is 1.80. The quantitative estimate of drug-likeness (QED) is 0.652. The molecule has 0 aliphatic rings. The van der Waals surface area contributed by atoms with E-state index in [2.05, 4.69) is 5.32 Å². The highest BCUT2D eigenvalue weighted by molar-refractivity contribution is 7.15. The predicted molar refractivity (Wildman–Crippen MR) is 87.6 cm³/mol. The zero-order chi connectivity index (χ0) is 16.8. The van der Waals surface area contributed by atoms with Gasteiger partial charge in [0.25, 0.3) is 5.91 Å². The highest BCUT2D eigenvalue weighted by Crippen LogP contribution is 2.17. The molecule has 0 saturated heterocycles. The number of esters is 1. The van der Waals surface area contributed by atoms with E-state index in [4.69, 9.17) is 4.74 Å². The van der Waals surface area contributed by atoms with Crippen LogP contribution in [0.2, 0.25) is 0 Å². The molecule has 6 heteroatoms. The van der Waals surface area contributed by atoms with Gasteiger partial charge in [-0.2, -0.15) is 0 Å². The van der Waals surface area contributed by atoms with Crippen LogP contribution in [0, 0.1) is 6.92 Å². The van der Waals surface area contributed by atoms with Crippen LogP contribution in [0.15, 0.2) is 36.4 Å². The predicted octanol–water partition coefficient (Wildman–Crippen LogP) is 2.73. The standard InChI is InChI=1S/C17H17NO4S/c1-11-5-3-4-6-13(11)9-18-16(20)10-22-17(21)15-8-7-14(23-15)12(2)19/h3-8H,9-10H2,1-2H3,(H,18,20). The summed E-state index contributed by atoms with van der Waals surface area (Å²) in [7, 11) is 0. The highest BCUT2D eigenvalue weighted by Gasteiger charge is 2.14. The number of aryl methyl sites for hydroxylation is 1. The van der Waals surface area contributed by atoms with Gasteiger partial charge in [0.2, 0.25) is 0 Å². The number of carbonyl (C=O) groups excluding carboxylic acids is 3. The molecule has 1 heterocycles. The molecule has 0 saturated carbocycles. The summed E-state index contributed by atoms with van der Waals surface area (Å²) >= 11 is 1.06. The van der Waals surface area contributed by atoms with Crippen molar-refractivity contribution < 1.29 is 19.1 Å². The van der Waals surface area contributed by atoms with E-state index in [-0.39, 0.29) is 18.3 Å². The topological polar surface area (TPSA) is 72.5 Å². The van der Waals surface area contributed by atoms with Crippen LogP contribution >= 0.6 is 11.3 Å². The van der Waals surface area contributed by atoms with Crippen molar-refractivity contribution >= 4 is 29.0 Å². The van der Waals surface area contributed by atoms with Crippen molar-refractivity contribution in [3.63, 3.8) is 0 Å². The first-order valence-corrected chi connectivity index (χ1v) is 7.88. The van der Waals surface area contributed by atoms with E-state index in [1.165, 1.54) is 13.0 Å². The Hall–Kier alpha value is -2.47. The average molecular weight is 331 g/mol. The minimum Gasteiger partial charge on any atom is -0.451 e. The molecule has 0 fully saturated rings. The van der Waals surface area contributed by atoms with Crippen molar-refractivity contribution in [2.24, 2.45) is 0 Å². The highest BCUT2D eigenvalue weighted by atomic mass is 32.1. The largest absolute Gasteiger partial charge is 0.451 e. The Kier molecular flexibility index (Phi) is 5.65. The molecule has 120 valence electrons. The molecule has 2 rings (SSSR count). The van der Waals surface area contributed by atoms with Gasteiger partial charge in [-0.05, 0) is 37.1 Å². The third-order valence-electron chi connectivity index (χ3n) is 3.23. The van der Waals surface area contributed by atoms with Crippen LogP contribution in [0.3, 0.4) is 0 Å². The van der Waals surface area contributed by atoms with Gasteiger partial charge in [-0.15, -0.1) is 11.3 Å². The van der Waals surface area contributed by atoms with Gasteiger partial charge in [-0.25, -0.2) is 4.79 Å². The lowest BCUT2D eigenvalue weighted by Gasteiger charge is -2.08. The second-order valence-electron chi connectivity index (χ2n) is 5.00. The molecule has 0 atom stereocenters. The maximum absolute atomic E-state index is 11.8. The van der Waals surface area contributed by atoms with E-state index < -0.39 is 5.97 Å². The van der Waals surface area contributed by atoms with E-state index in [0.717, 1.165) is 22.5 Å². The molecule has 5 nitrogen and oxygen atoms in total. The number of benzene rings is 1. The summed E-state index contributed by atoms with van der Waals surface area (Å²) in [5.41, 5.74) is 2.09. The van der Waals surface area contributed by atoms with Gasteiger partial charge in [0.15, 0.2) is 12.4 Å². The Morgan fingerprint density at radius 1 is 1.09 bits per heavy atom. The monoisotopic (exact) mass is 331 g/mol. The maximum Gasteiger partial charge on any atom is 0.348 e. The van der Waals surface area contributed by atoms with Crippen LogP contribution in [-0.4, -0.2) is 24.3 Å². The number of Topliss-reactive ketones (excluding diaryl/α,β-unsaturated/α-hetero) is 1. The van der Waals surface area contributed by atoms with Crippen molar-refractivity contribution in [2.45, 2.75) is 20.4 Å². The van der Waals surface area contributed by atoms with E-state index in [1.54, 1.807) is 6.07 Å². The number of thiophene rings is 1. The van der Waals surface area contributed by atoms with Crippen molar-refractivity contribution in [1.82, 2.24) is 5.32 Å². The molecule has 23 heavy (non-hydrogen) atoms. The van der Waals surface area contributed by atoms with Gasteiger partial charge >= 0.3 is 5.97 Å². The maximum atomic E-state index is 11.8.